The molecule has 4 rings (SSSR count). The molecule has 0 unspecified atom stereocenters. The van der Waals surface area contributed by atoms with E-state index in [1.54, 1.807) is 5.38 Å². The van der Waals surface area contributed by atoms with Crippen molar-refractivity contribution >= 4 is 43.8 Å². The molecular weight excluding hydrogens is 442 g/mol. The Morgan fingerprint density at radius 1 is 1.31 bits per heavy atom. The van der Waals surface area contributed by atoms with Crippen molar-refractivity contribution in [2.75, 3.05) is 29.3 Å². The molecule has 0 aliphatic carbocycles. The number of sulfonamides is 1. The molecule has 2 aromatic rings. The third-order valence-electron chi connectivity index (χ3n) is 5.54. The Labute approximate surface area is 177 Å². The Morgan fingerprint density at radius 2 is 2.03 bits per heavy atom. The largest absolute Gasteiger partial charge is 0.366 e. The van der Waals surface area contributed by atoms with E-state index in [0.717, 1.165) is 49.8 Å². The zero-order chi connectivity index (χ0) is 20.8. The molecule has 2 fully saturated rings. The molecule has 2 aliphatic rings. The molecule has 3 heterocycles. The monoisotopic (exact) mass is 462 g/mol. The van der Waals surface area contributed by atoms with Crippen LogP contribution in [0.2, 0.25) is 5.02 Å². The maximum absolute atomic E-state index is 15.0. The van der Waals surface area contributed by atoms with Crippen molar-refractivity contribution in [3.05, 3.63) is 34.3 Å². The normalized spacial score (nSPS) is 23.1. The van der Waals surface area contributed by atoms with E-state index in [9.17, 15) is 17.2 Å². The number of nitrogens with one attached hydrogen (secondary N) is 1. The first-order valence-electron chi connectivity index (χ1n) is 9.38. The second-order valence-corrected chi connectivity index (χ2v) is 10.3. The standard InChI is InChI=1S/C18H21ClF2N4O2S2/c1-11-8-12(24-5-2-3-6-24)10-25(11)14-9-13(20)17(16(21)15(14)19)29(26,27)23-18-22-4-7-28-18/h4,7,9,11-12H,2-3,5-6,8,10H2,1H3,(H,22,23)/t11-,12+/m0/s1. The molecule has 2 aliphatic heterocycles. The fourth-order valence-electron chi connectivity index (χ4n) is 4.17. The van der Waals surface area contributed by atoms with Crippen molar-refractivity contribution in [3.8, 4) is 0 Å². The first-order valence-corrected chi connectivity index (χ1v) is 12.1. The minimum Gasteiger partial charge on any atom is -0.366 e. The van der Waals surface area contributed by atoms with Gasteiger partial charge in [-0.1, -0.05) is 11.6 Å². The number of likely N-dealkylation sites (tertiary alicyclic amines) is 1. The summed E-state index contributed by atoms with van der Waals surface area (Å²) in [5.74, 6) is -2.47. The Balaban J connectivity index is 1.65. The number of benzene rings is 1. The maximum Gasteiger partial charge on any atom is 0.269 e. The predicted octanol–water partition coefficient (Wildman–Crippen LogP) is 3.94. The number of halogens is 3. The number of thiazole rings is 1. The van der Waals surface area contributed by atoms with Crippen LogP contribution in [0.3, 0.4) is 0 Å². The minimum atomic E-state index is -4.51. The fraction of sp³-hybridized carbons (Fsp3) is 0.500. The van der Waals surface area contributed by atoms with Gasteiger partial charge in [-0.2, -0.15) is 0 Å². The number of hydrogen-bond acceptors (Lipinski definition) is 6. The predicted molar refractivity (Wildman–Crippen MR) is 110 cm³/mol. The van der Waals surface area contributed by atoms with Gasteiger partial charge < -0.3 is 4.90 Å². The molecule has 0 bridgehead atoms. The van der Waals surface area contributed by atoms with Gasteiger partial charge in [0.1, 0.15) is 10.8 Å². The number of hydrogen-bond donors (Lipinski definition) is 1. The molecule has 2 atom stereocenters. The van der Waals surface area contributed by atoms with Crippen LogP contribution in [0, 0.1) is 11.6 Å². The lowest BCUT2D eigenvalue weighted by Gasteiger charge is -2.27. The highest BCUT2D eigenvalue weighted by Crippen LogP contribution is 2.39. The van der Waals surface area contributed by atoms with Crippen LogP contribution in [0.5, 0.6) is 0 Å². The van der Waals surface area contributed by atoms with Gasteiger partial charge in [-0.3, -0.25) is 9.62 Å². The van der Waals surface area contributed by atoms with Gasteiger partial charge in [0.05, 0.1) is 5.69 Å². The molecule has 11 heteroatoms. The van der Waals surface area contributed by atoms with Crippen LogP contribution in [-0.4, -0.2) is 50.0 Å². The summed E-state index contributed by atoms with van der Waals surface area (Å²) in [5, 5.41) is 1.18. The van der Waals surface area contributed by atoms with Crippen LogP contribution >= 0.6 is 22.9 Å². The van der Waals surface area contributed by atoms with Crippen LogP contribution in [0.25, 0.3) is 0 Å². The zero-order valence-corrected chi connectivity index (χ0v) is 18.1. The average molecular weight is 463 g/mol. The lowest BCUT2D eigenvalue weighted by molar-refractivity contribution is 0.257. The molecule has 0 saturated carbocycles. The Hall–Kier alpha value is -1.49. The molecule has 1 N–H and O–H groups in total. The summed E-state index contributed by atoms with van der Waals surface area (Å²) in [7, 11) is -4.51. The van der Waals surface area contributed by atoms with Crippen molar-refractivity contribution in [1.29, 1.82) is 0 Å². The summed E-state index contributed by atoms with van der Waals surface area (Å²) in [6.45, 7) is 4.64. The second-order valence-electron chi connectivity index (χ2n) is 7.41. The van der Waals surface area contributed by atoms with E-state index in [1.807, 2.05) is 11.8 Å². The summed E-state index contributed by atoms with van der Waals surface area (Å²) in [6, 6.07) is 1.35. The van der Waals surface area contributed by atoms with E-state index in [0.29, 0.717) is 12.6 Å². The molecule has 2 saturated heterocycles. The summed E-state index contributed by atoms with van der Waals surface area (Å²) >= 11 is 7.21. The maximum atomic E-state index is 15.0. The van der Waals surface area contributed by atoms with Gasteiger partial charge in [0.15, 0.2) is 15.8 Å². The molecule has 0 amide bonds. The summed E-state index contributed by atoms with van der Waals surface area (Å²) in [5.41, 5.74) is 0.184. The fourth-order valence-corrected chi connectivity index (χ4v) is 6.42. The molecule has 1 aromatic carbocycles. The number of aromatic nitrogens is 1. The molecule has 0 spiro atoms. The van der Waals surface area contributed by atoms with Gasteiger partial charge in [0.25, 0.3) is 10.0 Å². The molecule has 158 valence electrons. The first-order chi connectivity index (χ1) is 13.8. The molecule has 1 aromatic heterocycles. The van der Waals surface area contributed by atoms with E-state index < -0.39 is 26.6 Å². The lowest BCUT2D eigenvalue weighted by atomic mass is 10.1. The summed E-state index contributed by atoms with van der Waals surface area (Å²) < 4.78 is 56.9. The van der Waals surface area contributed by atoms with E-state index in [2.05, 4.69) is 14.6 Å². The highest BCUT2D eigenvalue weighted by Gasteiger charge is 2.37. The Kier molecular flexibility index (Phi) is 5.71. The zero-order valence-electron chi connectivity index (χ0n) is 15.7. The van der Waals surface area contributed by atoms with Gasteiger partial charge in [-0.05, 0) is 39.3 Å². The van der Waals surface area contributed by atoms with Gasteiger partial charge >= 0.3 is 0 Å². The third kappa shape index (κ3) is 3.95. The van der Waals surface area contributed by atoms with Gasteiger partial charge in [0.2, 0.25) is 0 Å². The van der Waals surface area contributed by atoms with E-state index >= 15 is 0 Å². The van der Waals surface area contributed by atoms with Crippen LogP contribution in [0.15, 0.2) is 22.5 Å². The van der Waals surface area contributed by atoms with Crippen molar-refractivity contribution in [2.45, 2.75) is 43.2 Å². The average Bonchev–Trinajstić information content (AvgIpc) is 3.39. The van der Waals surface area contributed by atoms with Crippen molar-refractivity contribution in [3.63, 3.8) is 0 Å². The van der Waals surface area contributed by atoms with Crippen molar-refractivity contribution in [1.82, 2.24) is 9.88 Å². The summed E-state index contributed by atoms with van der Waals surface area (Å²) in [6.07, 6.45) is 4.57. The van der Waals surface area contributed by atoms with Crippen LogP contribution in [0.4, 0.5) is 19.6 Å². The smallest absolute Gasteiger partial charge is 0.269 e. The van der Waals surface area contributed by atoms with E-state index in [-0.39, 0.29) is 21.9 Å². The van der Waals surface area contributed by atoms with Gasteiger partial charge in [-0.15, -0.1) is 11.3 Å². The lowest BCUT2D eigenvalue weighted by Crippen LogP contribution is -2.35. The Bertz CT molecular complexity index is 998. The molecule has 0 radical (unpaired) electrons. The highest BCUT2D eigenvalue weighted by molar-refractivity contribution is 7.93. The van der Waals surface area contributed by atoms with Crippen molar-refractivity contribution < 1.29 is 17.2 Å². The number of rotatable bonds is 5. The van der Waals surface area contributed by atoms with E-state index in [1.165, 1.54) is 6.20 Å². The molecular formula is C18H21ClF2N4O2S2. The van der Waals surface area contributed by atoms with Crippen LogP contribution in [-0.2, 0) is 10.0 Å². The summed E-state index contributed by atoms with van der Waals surface area (Å²) in [4.78, 5) is 6.95. The van der Waals surface area contributed by atoms with E-state index in [4.69, 9.17) is 11.6 Å². The number of nitrogens with zero attached hydrogens (tertiary/aromatic N) is 3. The van der Waals surface area contributed by atoms with Crippen LogP contribution in [0.1, 0.15) is 26.2 Å². The van der Waals surface area contributed by atoms with Crippen molar-refractivity contribution in [2.24, 2.45) is 0 Å². The highest BCUT2D eigenvalue weighted by atomic mass is 35.5. The molecule has 6 nitrogen and oxygen atoms in total. The first kappa shape index (κ1) is 20.8. The van der Waals surface area contributed by atoms with Gasteiger partial charge in [0, 0.05) is 36.3 Å². The topological polar surface area (TPSA) is 65.5 Å². The molecule has 29 heavy (non-hydrogen) atoms. The third-order valence-corrected chi connectivity index (χ3v) is 8.09. The van der Waals surface area contributed by atoms with Gasteiger partial charge in [-0.25, -0.2) is 22.2 Å². The second kappa shape index (κ2) is 7.98. The minimum absolute atomic E-state index is 0.0191. The quantitative estimate of drug-likeness (QED) is 0.682. The SMILES string of the molecule is C[C@H]1C[C@@H](N2CCCC2)CN1c1cc(F)c(S(=O)(=O)Nc2nccs2)c(F)c1Cl. The Morgan fingerprint density at radius 3 is 2.69 bits per heavy atom. The van der Waals surface area contributed by atoms with Crippen LogP contribution < -0.4 is 9.62 Å². The number of anilines is 2.